The number of hydrogen-bond donors (Lipinski definition) is 1. The number of rotatable bonds is 6. The third-order valence-corrected chi connectivity index (χ3v) is 4.84. The molecule has 0 aromatic rings. The minimum Gasteiger partial charge on any atom is -0.352 e. The summed E-state index contributed by atoms with van der Waals surface area (Å²) in [7, 11) is 0. The lowest BCUT2D eigenvalue weighted by Crippen LogP contribution is -2.44. The van der Waals surface area contributed by atoms with Crippen LogP contribution in [0.3, 0.4) is 0 Å². The van der Waals surface area contributed by atoms with Gasteiger partial charge in [0.05, 0.1) is 6.54 Å². The van der Waals surface area contributed by atoms with Crippen molar-refractivity contribution in [3.63, 3.8) is 0 Å². The molecule has 0 bridgehead atoms. The number of nitrogens with one attached hydrogen (secondary N) is 1. The Kier molecular flexibility index (Phi) is 6.94. The van der Waals surface area contributed by atoms with E-state index in [1.165, 1.54) is 37.7 Å². The summed E-state index contributed by atoms with van der Waals surface area (Å²) >= 11 is 0. The van der Waals surface area contributed by atoms with E-state index in [0.29, 0.717) is 12.6 Å². The van der Waals surface area contributed by atoms with Crippen molar-refractivity contribution >= 4 is 11.8 Å². The lowest BCUT2D eigenvalue weighted by molar-refractivity contribution is -0.134. The molecule has 2 aliphatic carbocycles. The highest BCUT2D eigenvalue weighted by Gasteiger charge is 2.19. The molecule has 22 heavy (non-hydrogen) atoms. The zero-order valence-electron chi connectivity index (χ0n) is 13.9. The van der Waals surface area contributed by atoms with Gasteiger partial charge in [-0.3, -0.25) is 9.59 Å². The molecule has 1 saturated carbocycles. The van der Waals surface area contributed by atoms with E-state index in [1.54, 1.807) is 11.8 Å². The third kappa shape index (κ3) is 5.82. The van der Waals surface area contributed by atoms with E-state index in [9.17, 15) is 9.59 Å². The van der Waals surface area contributed by atoms with E-state index in [2.05, 4.69) is 11.4 Å². The van der Waals surface area contributed by atoms with Gasteiger partial charge in [-0.2, -0.15) is 0 Å². The highest BCUT2D eigenvalue weighted by molar-refractivity contribution is 5.83. The predicted octanol–water partition coefficient (Wildman–Crippen LogP) is 3.17. The molecule has 0 aliphatic heterocycles. The molecule has 4 heteroatoms. The molecule has 1 fully saturated rings. The Morgan fingerprint density at radius 1 is 1.18 bits per heavy atom. The van der Waals surface area contributed by atoms with Crippen molar-refractivity contribution in [2.24, 2.45) is 0 Å². The highest BCUT2D eigenvalue weighted by Crippen LogP contribution is 2.20. The molecular formula is C18H30N2O2. The fourth-order valence-corrected chi connectivity index (χ4v) is 3.45. The molecule has 0 radical (unpaired) electrons. The number of carbonyl (C=O) groups is 2. The standard InChI is InChI=1S/C18H30N2O2/c1-15(21)20(13-12-16-8-4-2-5-9-16)14-18(22)19-17-10-6-3-7-11-17/h8,17H,2-7,9-14H2,1H3,(H,19,22). The Morgan fingerprint density at radius 2 is 1.95 bits per heavy atom. The average molecular weight is 306 g/mol. The second-order valence-corrected chi connectivity index (χ2v) is 6.70. The molecule has 4 nitrogen and oxygen atoms in total. The molecule has 0 aromatic carbocycles. The van der Waals surface area contributed by atoms with Crippen LogP contribution in [0.1, 0.15) is 71.1 Å². The molecule has 1 N–H and O–H groups in total. The number of hydrogen-bond acceptors (Lipinski definition) is 2. The maximum Gasteiger partial charge on any atom is 0.239 e. The summed E-state index contributed by atoms with van der Waals surface area (Å²) in [5.74, 6) is -0.00470. The van der Waals surface area contributed by atoms with Crippen LogP contribution in [0.5, 0.6) is 0 Å². The maximum atomic E-state index is 12.2. The van der Waals surface area contributed by atoms with Crippen LogP contribution in [-0.4, -0.2) is 35.8 Å². The normalized spacial score (nSPS) is 19.4. The zero-order valence-corrected chi connectivity index (χ0v) is 13.9. The Morgan fingerprint density at radius 3 is 2.59 bits per heavy atom. The number of allylic oxidation sites excluding steroid dienone is 1. The molecule has 2 aliphatic rings. The molecule has 2 rings (SSSR count). The summed E-state index contributed by atoms with van der Waals surface area (Å²) in [5.41, 5.74) is 1.45. The maximum absolute atomic E-state index is 12.2. The van der Waals surface area contributed by atoms with Gasteiger partial charge < -0.3 is 10.2 Å². The first kappa shape index (κ1) is 17.0. The van der Waals surface area contributed by atoms with Crippen molar-refractivity contribution in [2.45, 2.75) is 77.2 Å². The first-order chi connectivity index (χ1) is 10.6. The second kappa shape index (κ2) is 8.96. The summed E-state index contributed by atoms with van der Waals surface area (Å²) in [5, 5.41) is 3.09. The van der Waals surface area contributed by atoms with Gasteiger partial charge >= 0.3 is 0 Å². The third-order valence-electron chi connectivity index (χ3n) is 4.84. The van der Waals surface area contributed by atoms with Crippen LogP contribution in [0.4, 0.5) is 0 Å². The molecule has 0 atom stereocenters. The summed E-state index contributed by atoms with van der Waals surface area (Å²) in [6.45, 7) is 2.43. The molecule has 0 aromatic heterocycles. The second-order valence-electron chi connectivity index (χ2n) is 6.70. The summed E-state index contributed by atoms with van der Waals surface area (Å²) in [6.07, 6.45) is 13.9. The fourth-order valence-electron chi connectivity index (χ4n) is 3.45. The van der Waals surface area contributed by atoms with Crippen LogP contribution in [0.25, 0.3) is 0 Å². The number of nitrogens with zero attached hydrogens (tertiary/aromatic N) is 1. The van der Waals surface area contributed by atoms with Gasteiger partial charge in [0.1, 0.15) is 0 Å². The topological polar surface area (TPSA) is 49.4 Å². The molecular weight excluding hydrogens is 276 g/mol. The minimum atomic E-state index is -0.00444. The Bertz CT molecular complexity index is 411. The first-order valence-electron chi connectivity index (χ1n) is 8.88. The highest BCUT2D eigenvalue weighted by atomic mass is 16.2. The average Bonchev–Trinajstić information content (AvgIpc) is 2.53. The fraction of sp³-hybridized carbons (Fsp3) is 0.778. The van der Waals surface area contributed by atoms with E-state index in [0.717, 1.165) is 32.1 Å². The van der Waals surface area contributed by atoms with E-state index >= 15 is 0 Å². The van der Waals surface area contributed by atoms with Crippen LogP contribution < -0.4 is 5.32 Å². The van der Waals surface area contributed by atoms with Gasteiger partial charge in [0.25, 0.3) is 0 Å². The van der Waals surface area contributed by atoms with Gasteiger partial charge in [-0.25, -0.2) is 0 Å². The summed E-state index contributed by atoms with van der Waals surface area (Å²) in [6, 6.07) is 0.316. The molecule has 124 valence electrons. The lowest BCUT2D eigenvalue weighted by atomic mass is 9.95. The smallest absolute Gasteiger partial charge is 0.239 e. The van der Waals surface area contributed by atoms with Gasteiger partial charge in [-0.1, -0.05) is 30.9 Å². The Balaban J connectivity index is 1.76. The van der Waals surface area contributed by atoms with Gasteiger partial charge in [-0.05, 0) is 44.9 Å². The minimum absolute atomic E-state index is 0.000256. The predicted molar refractivity (Wildman–Crippen MR) is 88.4 cm³/mol. The van der Waals surface area contributed by atoms with Crippen LogP contribution in [-0.2, 0) is 9.59 Å². The molecule has 0 spiro atoms. The van der Waals surface area contributed by atoms with E-state index in [1.807, 2.05) is 0 Å². The lowest BCUT2D eigenvalue weighted by Gasteiger charge is -2.26. The van der Waals surface area contributed by atoms with Gasteiger partial charge in [-0.15, -0.1) is 0 Å². The van der Waals surface area contributed by atoms with Crippen LogP contribution in [0.15, 0.2) is 11.6 Å². The van der Waals surface area contributed by atoms with Crippen molar-refractivity contribution in [1.82, 2.24) is 10.2 Å². The Hall–Kier alpha value is -1.32. The van der Waals surface area contributed by atoms with E-state index < -0.39 is 0 Å². The van der Waals surface area contributed by atoms with Gasteiger partial charge in [0.15, 0.2) is 0 Å². The van der Waals surface area contributed by atoms with Crippen molar-refractivity contribution in [3.05, 3.63) is 11.6 Å². The monoisotopic (exact) mass is 306 g/mol. The first-order valence-corrected chi connectivity index (χ1v) is 8.88. The Labute approximate surface area is 134 Å². The molecule has 0 saturated heterocycles. The number of carbonyl (C=O) groups excluding carboxylic acids is 2. The SMILES string of the molecule is CC(=O)N(CCC1=CCCCC1)CC(=O)NC1CCCCC1. The van der Waals surface area contributed by atoms with Crippen molar-refractivity contribution in [3.8, 4) is 0 Å². The summed E-state index contributed by atoms with van der Waals surface area (Å²) < 4.78 is 0. The quantitative estimate of drug-likeness (QED) is 0.766. The van der Waals surface area contributed by atoms with Gasteiger partial charge in [0.2, 0.25) is 11.8 Å². The van der Waals surface area contributed by atoms with Crippen molar-refractivity contribution in [1.29, 1.82) is 0 Å². The van der Waals surface area contributed by atoms with Gasteiger partial charge in [0, 0.05) is 19.5 Å². The van der Waals surface area contributed by atoms with Crippen LogP contribution in [0, 0.1) is 0 Å². The largest absolute Gasteiger partial charge is 0.352 e. The van der Waals surface area contributed by atoms with Crippen molar-refractivity contribution in [2.75, 3.05) is 13.1 Å². The van der Waals surface area contributed by atoms with Crippen molar-refractivity contribution < 1.29 is 9.59 Å². The summed E-state index contributed by atoms with van der Waals surface area (Å²) in [4.78, 5) is 25.6. The molecule has 0 unspecified atom stereocenters. The van der Waals surface area contributed by atoms with Crippen LogP contribution >= 0.6 is 0 Å². The van der Waals surface area contributed by atoms with E-state index in [4.69, 9.17) is 0 Å². The molecule has 2 amide bonds. The van der Waals surface area contributed by atoms with E-state index in [-0.39, 0.29) is 18.4 Å². The van der Waals surface area contributed by atoms with Crippen LogP contribution in [0.2, 0.25) is 0 Å². The zero-order chi connectivity index (χ0) is 15.8. The molecule has 0 heterocycles. The number of amides is 2.